The van der Waals surface area contributed by atoms with Gasteiger partial charge in [-0.05, 0) is 68.4 Å². The minimum atomic E-state index is -5.10. The Morgan fingerprint density at radius 1 is 0.857 bits per heavy atom. The molecular formula is C51H60F7N11O8. The van der Waals surface area contributed by atoms with E-state index in [4.69, 9.17) is 4.74 Å². The van der Waals surface area contributed by atoms with Crippen LogP contribution >= 0.6 is 0 Å². The second-order valence-corrected chi connectivity index (χ2v) is 20.8. The van der Waals surface area contributed by atoms with Crippen molar-refractivity contribution in [3.05, 3.63) is 95.2 Å². The number of hydrazine groups is 1. The van der Waals surface area contributed by atoms with Crippen molar-refractivity contribution in [2.24, 2.45) is 10.8 Å². The Hall–Kier alpha value is -7.08. The first-order valence-electron chi connectivity index (χ1n) is 24.5. The number of nitrogens with one attached hydrogen (secondary N) is 4. The molecule has 19 nitrogen and oxygen atoms in total. The lowest BCUT2D eigenvalue weighted by molar-refractivity contribution is -0.220. The van der Waals surface area contributed by atoms with Crippen molar-refractivity contribution < 1.29 is 69.6 Å². The molecule has 416 valence electrons. The van der Waals surface area contributed by atoms with E-state index in [0.29, 0.717) is 59.2 Å². The maximum atomic E-state index is 16.0. The number of aromatic nitrogens is 4. The van der Waals surface area contributed by atoms with Gasteiger partial charge < -0.3 is 40.5 Å². The first-order valence-corrected chi connectivity index (χ1v) is 24.5. The molecule has 3 fully saturated rings. The van der Waals surface area contributed by atoms with Crippen LogP contribution in [0.15, 0.2) is 61.3 Å². The highest BCUT2D eigenvalue weighted by molar-refractivity contribution is 5.87. The van der Waals surface area contributed by atoms with E-state index in [1.807, 2.05) is 5.32 Å². The number of methoxy groups -OCH3 is 1. The van der Waals surface area contributed by atoms with E-state index in [-0.39, 0.29) is 17.7 Å². The zero-order valence-corrected chi connectivity index (χ0v) is 42.9. The van der Waals surface area contributed by atoms with Crippen LogP contribution in [-0.4, -0.2) is 152 Å². The molecule has 6 atom stereocenters. The summed E-state index contributed by atoms with van der Waals surface area (Å²) in [5.41, 5.74) is -1.53. The highest BCUT2D eigenvalue weighted by atomic mass is 19.4. The molecule has 5 heterocycles. The predicted octanol–water partition coefficient (Wildman–Crippen LogP) is 5.38. The fourth-order valence-corrected chi connectivity index (χ4v) is 9.43. The number of hydrogen-bond acceptors (Lipinski definition) is 13. The van der Waals surface area contributed by atoms with E-state index >= 15 is 8.78 Å². The molecule has 3 aliphatic rings. The van der Waals surface area contributed by atoms with Gasteiger partial charge in [-0.25, -0.2) is 38.3 Å². The molecule has 6 unspecified atom stereocenters. The average molecular weight is 1090 g/mol. The smallest absolute Gasteiger partial charge is 0.407 e. The van der Waals surface area contributed by atoms with E-state index in [1.54, 1.807) is 36.7 Å². The van der Waals surface area contributed by atoms with Crippen molar-refractivity contribution in [1.29, 1.82) is 0 Å². The largest absolute Gasteiger partial charge is 0.465 e. The number of anilines is 1. The summed E-state index contributed by atoms with van der Waals surface area (Å²) in [6.07, 6.45) is -3.35. The lowest BCUT2D eigenvalue weighted by atomic mass is 9.82. The van der Waals surface area contributed by atoms with Crippen molar-refractivity contribution in [3.8, 4) is 23.1 Å². The normalized spacial score (nSPS) is 18.6. The number of rotatable bonds is 18. The predicted molar refractivity (Wildman–Crippen MR) is 263 cm³/mol. The highest BCUT2D eigenvalue weighted by Gasteiger charge is 2.56. The summed E-state index contributed by atoms with van der Waals surface area (Å²) in [5, 5.41) is 28.8. The summed E-state index contributed by atoms with van der Waals surface area (Å²) in [6, 6.07) is 3.64. The molecule has 2 aromatic carbocycles. The Kier molecular flexibility index (Phi) is 17.7. The van der Waals surface area contributed by atoms with Crippen LogP contribution < -0.4 is 26.3 Å². The van der Waals surface area contributed by atoms with Gasteiger partial charge in [0.05, 0.1) is 61.5 Å². The zero-order valence-electron chi connectivity index (χ0n) is 42.9. The fraction of sp³-hybridized carbons (Fsp3) is 0.510. The quantitative estimate of drug-likeness (QED) is 0.0418. The number of carboxylic acid groups (broad SMARTS) is 1. The molecule has 77 heavy (non-hydrogen) atoms. The number of aliphatic hydroxyl groups is 1. The number of hydrogen-bond donors (Lipinski definition) is 6. The summed E-state index contributed by atoms with van der Waals surface area (Å²) < 4.78 is 112. The standard InChI is InChI=1S/C51H60F7N11O8/c1-49(2,3)41(63-47(73)74)44(72)65-68(22-35-36(52)16-31(17-37(35)53)39-23-67(27-61-39)45(54)55)24-40(70)38(62-43(71)42(64-48(75)76-6)50(4,5)51(56,57)58)15-29-10-7-28(8-11-29)9-12-30-18-59-46(60-19-30)66-20-32-13-14-33(21-66)69(32)34-25-77-26-34/h7-8,10-11,16-19,23,27,32-34,38,40-42,45,63,70H,13-15,20-22,24-26H2,1-6H3,(H,62,71)(H,64,75)(H,65,72)(H,73,74). The minimum Gasteiger partial charge on any atom is -0.465 e. The Balaban J connectivity index is 1.15. The van der Waals surface area contributed by atoms with E-state index in [1.165, 1.54) is 20.8 Å². The van der Waals surface area contributed by atoms with Gasteiger partial charge in [0.25, 0.3) is 5.91 Å². The first kappa shape index (κ1) is 57.6. The number of aliphatic hydroxyl groups excluding tert-OH is 1. The number of amides is 4. The third kappa shape index (κ3) is 13.9. The van der Waals surface area contributed by atoms with Gasteiger partial charge in [-0.1, -0.05) is 44.7 Å². The fourth-order valence-electron chi connectivity index (χ4n) is 9.43. The van der Waals surface area contributed by atoms with E-state index in [0.717, 1.165) is 75.9 Å². The number of imidazole rings is 1. The number of carbonyl (C=O) groups is 4. The number of benzene rings is 2. The molecule has 26 heteroatoms. The SMILES string of the molecule is COC(=O)NC(C(=O)NC(Cc1ccc(C#Cc2cnc(N3CC4CCC(C3)N4C3COC3)nc2)cc1)C(O)CN(Cc1c(F)cc(-c2cn(C(F)F)cn2)cc1F)NC(=O)C(NC(=O)O)C(C)(C)C)C(C)(C)C(F)(F)F. The molecule has 4 aromatic rings. The van der Waals surface area contributed by atoms with Crippen LogP contribution in [0.25, 0.3) is 11.3 Å². The van der Waals surface area contributed by atoms with E-state index in [9.17, 15) is 51.3 Å². The van der Waals surface area contributed by atoms with Gasteiger partial charge in [0, 0.05) is 73.5 Å². The highest BCUT2D eigenvalue weighted by Crippen LogP contribution is 2.41. The summed E-state index contributed by atoms with van der Waals surface area (Å²) in [6.45, 7) is 4.18. The second-order valence-electron chi connectivity index (χ2n) is 20.8. The molecule has 4 amide bonds. The molecule has 0 radical (unpaired) electrons. The summed E-state index contributed by atoms with van der Waals surface area (Å²) in [5.74, 6) is 1.60. The topological polar surface area (TPSA) is 229 Å². The third-order valence-electron chi connectivity index (χ3n) is 13.9. The molecule has 3 aliphatic heterocycles. The van der Waals surface area contributed by atoms with Crippen molar-refractivity contribution in [2.45, 2.75) is 116 Å². The van der Waals surface area contributed by atoms with Gasteiger partial charge in [-0.2, -0.15) is 22.0 Å². The minimum absolute atomic E-state index is 0.221. The zero-order chi connectivity index (χ0) is 56.1. The Labute approximate surface area is 438 Å². The Morgan fingerprint density at radius 3 is 1.99 bits per heavy atom. The number of alkyl carbamates (subject to hydrolysis) is 1. The van der Waals surface area contributed by atoms with Crippen LogP contribution in [-0.2, 0) is 32.0 Å². The van der Waals surface area contributed by atoms with Crippen LogP contribution in [0.4, 0.5) is 46.3 Å². The first-order chi connectivity index (χ1) is 36.2. The number of carbonyl (C=O) groups excluding carboxylic acids is 3. The molecule has 2 bridgehead atoms. The summed E-state index contributed by atoms with van der Waals surface area (Å²) in [7, 11) is 0.868. The number of alkyl halides is 5. The van der Waals surface area contributed by atoms with Gasteiger partial charge in [0.2, 0.25) is 11.9 Å². The molecule has 2 aromatic heterocycles. The van der Waals surface area contributed by atoms with Gasteiger partial charge in [0.1, 0.15) is 23.7 Å². The van der Waals surface area contributed by atoms with Crippen LogP contribution in [0.3, 0.4) is 0 Å². The summed E-state index contributed by atoms with van der Waals surface area (Å²) in [4.78, 5) is 69.9. The number of nitrogens with zero attached hydrogens (tertiary/aromatic N) is 7. The number of halogens is 7. The van der Waals surface area contributed by atoms with E-state index in [2.05, 4.69) is 57.4 Å². The number of ether oxygens (including phenoxy) is 2. The average Bonchev–Trinajstić information content (AvgIpc) is 3.95. The molecule has 6 N–H and O–H groups in total. The lowest BCUT2D eigenvalue weighted by Gasteiger charge is -2.47. The van der Waals surface area contributed by atoms with Crippen LogP contribution in [0.5, 0.6) is 0 Å². The molecule has 7 rings (SSSR count). The Morgan fingerprint density at radius 2 is 1.47 bits per heavy atom. The third-order valence-corrected chi connectivity index (χ3v) is 13.9. The van der Waals surface area contributed by atoms with Gasteiger partial charge in [-0.3, -0.25) is 24.5 Å². The molecule has 0 spiro atoms. The molecular weight excluding hydrogens is 1030 g/mol. The van der Waals surface area contributed by atoms with Crippen LogP contribution in [0, 0.1) is 34.3 Å². The molecule has 0 aliphatic carbocycles. The van der Waals surface area contributed by atoms with Gasteiger partial charge in [-0.15, -0.1) is 0 Å². The van der Waals surface area contributed by atoms with E-state index < -0.39 is 102 Å². The monoisotopic (exact) mass is 1090 g/mol. The van der Waals surface area contributed by atoms with Crippen LogP contribution in [0.2, 0.25) is 0 Å². The Bertz CT molecular complexity index is 2780. The second kappa shape index (κ2) is 23.7. The number of piperazine rings is 1. The molecule has 3 saturated heterocycles. The summed E-state index contributed by atoms with van der Waals surface area (Å²) >= 11 is 0. The van der Waals surface area contributed by atoms with Crippen molar-refractivity contribution in [2.75, 3.05) is 44.9 Å². The molecule has 0 saturated carbocycles. The van der Waals surface area contributed by atoms with Crippen LogP contribution in [0.1, 0.15) is 76.3 Å². The maximum Gasteiger partial charge on any atom is 0.407 e. The van der Waals surface area contributed by atoms with Crippen molar-refractivity contribution in [1.82, 2.24) is 50.8 Å². The maximum absolute atomic E-state index is 16.0. The lowest BCUT2D eigenvalue weighted by Crippen LogP contribution is -2.63. The van der Waals surface area contributed by atoms with Gasteiger partial charge >= 0.3 is 24.9 Å². The van der Waals surface area contributed by atoms with Crippen molar-refractivity contribution >= 4 is 29.9 Å². The van der Waals surface area contributed by atoms with Gasteiger partial charge in [0.15, 0.2) is 0 Å². The van der Waals surface area contributed by atoms with Crippen molar-refractivity contribution in [3.63, 3.8) is 0 Å². The number of fused-ring (bicyclic) bond motifs is 2.